The van der Waals surface area contributed by atoms with Crippen LogP contribution < -0.4 is 9.80 Å². The van der Waals surface area contributed by atoms with Crippen molar-refractivity contribution in [2.75, 3.05) is 16.8 Å². The van der Waals surface area contributed by atoms with Crippen molar-refractivity contribution < 1.29 is 0 Å². The molecular formula is C69H54N2. The van der Waals surface area contributed by atoms with E-state index in [1.807, 2.05) is 0 Å². The second kappa shape index (κ2) is 19.9. The molecule has 0 bridgehead atoms. The highest BCUT2D eigenvalue weighted by Gasteiger charge is 2.14. The number of hydrogen-bond donors (Lipinski definition) is 0. The summed E-state index contributed by atoms with van der Waals surface area (Å²) >= 11 is 0. The largest absolute Gasteiger partial charge is 0.345 e. The van der Waals surface area contributed by atoms with Crippen LogP contribution in [0, 0.1) is 13.8 Å². The van der Waals surface area contributed by atoms with Crippen molar-refractivity contribution >= 4 is 28.4 Å². The van der Waals surface area contributed by atoms with Crippen LogP contribution in [0.3, 0.4) is 0 Å². The van der Waals surface area contributed by atoms with Gasteiger partial charge in [-0.3, -0.25) is 0 Å². The summed E-state index contributed by atoms with van der Waals surface area (Å²) in [6.45, 7) is 4.38. The fourth-order valence-electron chi connectivity index (χ4n) is 9.70. The van der Waals surface area contributed by atoms with Crippen LogP contribution in [-0.2, 0) is 0 Å². The molecule has 0 saturated heterocycles. The molecular weight excluding hydrogens is 857 g/mol. The van der Waals surface area contributed by atoms with Gasteiger partial charge in [-0.15, -0.1) is 0 Å². The van der Waals surface area contributed by atoms with Gasteiger partial charge in [0.1, 0.15) is 0 Å². The van der Waals surface area contributed by atoms with Gasteiger partial charge in [-0.25, -0.2) is 0 Å². The van der Waals surface area contributed by atoms with E-state index in [0.717, 1.165) is 28.4 Å². The van der Waals surface area contributed by atoms with E-state index >= 15 is 0 Å². The molecule has 0 aliphatic heterocycles. The molecule has 0 heterocycles. The Morgan fingerprint density at radius 1 is 0.211 bits per heavy atom. The number of anilines is 5. The first-order valence-corrected chi connectivity index (χ1v) is 24.5. The van der Waals surface area contributed by atoms with Gasteiger partial charge in [0.15, 0.2) is 0 Å². The van der Waals surface area contributed by atoms with Gasteiger partial charge in [0.25, 0.3) is 0 Å². The summed E-state index contributed by atoms with van der Waals surface area (Å²) in [5.74, 6) is 0. The highest BCUT2D eigenvalue weighted by molar-refractivity contribution is 5.82. The van der Waals surface area contributed by atoms with Gasteiger partial charge in [0.05, 0.1) is 0 Å². The molecule has 0 aliphatic carbocycles. The minimum atomic E-state index is 1.12. The van der Waals surface area contributed by atoms with Crippen LogP contribution in [0.15, 0.2) is 273 Å². The molecule has 11 rings (SSSR count). The van der Waals surface area contributed by atoms with E-state index in [-0.39, 0.29) is 0 Å². The van der Waals surface area contributed by atoms with E-state index in [2.05, 4.69) is 304 Å². The zero-order valence-electron chi connectivity index (χ0n) is 40.4. The van der Waals surface area contributed by atoms with Crippen molar-refractivity contribution in [3.05, 3.63) is 284 Å². The Hall–Kier alpha value is -8.98. The maximum absolute atomic E-state index is 2.33. The summed E-state index contributed by atoms with van der Waals surface area (Å²) in [5.41, 5.74) is 25.3. The third-order valence-corrected chi connectivity index (χ3v) is 13.9. The minimum absolute atomic E-state index is 1.12. The Kier molecular flexibility index (Phi) is 12.5. The molecule has 11 aromatic rings. The molecule has 0 atom stereocenters. The number of nitrogens with zero attached hydrogens (tertiary/aromatic N) is 2. The van der Waals surface area contributed by atoms with Crippen LogP contribution >= 0.6 is 0 Å². The Labute approximate surface area is 419 Å². The van der Waals surface area contributed by atoms with Gasteiger partial charge in [-0.1, -0.05) is 206 Å². The fraction of sp³-hybridized carbons (Fsp3) is 0.0435. The van der Waals surface area contributed by atoms with Gasteiger partial charge in [-0.05, 0) is 170 Å². The lowest BCUT2D eigenvalue weighted by Crippen LogP contribution is -2.09. The second-order valence-electron chi connectivity index (χ2n) is 18.4. The number of hydrogen-bond acceptors (Lipinski definition) is 2. The summed E-state index contributed by atoms with van der Waals surface area (Å²) in [4.78, 5) is 4.53. The van der Waals surface area contributed by atoms with Crippen molar-refractivity contribution in [2.45, 2.75) is 13.8 Å². The highest BCUT2D eigenvalue weighted by Crippen LogP contribution is 2.37. The SMILES string of the molecule is Cc1ccccc1-c1cc(-c2ccc(-c3ccc(-c4ccc(N(C)c5ccc(-c6ccc(-c7ccc(-c8ccc(N(c9ccccc9)c9ccccc9)cc8)cc7)cc6)cc5)cc4)cc3)cc2)ccc1C. The smallest absolute Gasteiger partial charge is 0.0462 e. The molecule has 0 saturated carbocycles. The van der Waals surface area contributed by atoms with Crippen LogP contribution in [-0.4, -0.2) is 7.05 Å². The summed E-state index contributed by atoms with van der Waals surface area (Å²) < 4.78 is 0. The quantitative estimate of drug-likeness (QED) is 0.121. The molecule has 0 amide bonds. The lowest BCUT2D eigenvalue weighted by atomic mass is 9.92. The maximum atomic E-state index is 2.33. The van der Waals surface area contributed by atoms with E-state index in [0.29, 0.717) is 0 Å². The Bertz CT molecular complexity index is 3490. The first kappa shape index (κ1) is 44.5. The summed E-state index contributed by atoms with van der Waals surface area (Å²) in [6, 6.07) is 98.7. The van der Waals surface area contributed by atoms with Crippen molar-refractivity contribution in [3.63, 3.8) is 0 Å². The molecule has 2 nitrogen and oxygen atoms in total. The van der Waals surface area contributed by atoms with Crippen molar-refractivity contribution in [2.24, 2.45) is 0 Å². The lowest BCUT2D eigenvalue weighted by Gasteiger charge is -2.25. The molecule has 11 aromatic carbocycles. The Morgan fingerprint density at radius 3 is 0.817 bits per heavy atom. The minimum Gasteiger partial charge on any atom is -0.345 e. The number of rotatable bonds is 12. The van der Waals surface area contributed by atoms with E-state index < -0.39 is 0 Å². The van der Waals surface area contributed by atoms with Crippen molar-refractivity contribution in [3.8, 4) is 77.9 Å². The summed E-state index contributed by atoms with van der Waals surface area (Å²) in [6.07, 6.45) is 0. The zero-order chi connectivity index (χ0) is 48.1. The second-order valence-corrected chi connectivity index (χ2v) is 18.4. The summed E-state index contributed by atoms with van der Waals surface area (Å²) in [7, 11) is 2.13. The average Bonchev–Trinajstić information content (AvgIpc) is 3.44. The predicted molar refractivity (Wildman–Crippen MR) is 303 cm³/mol. The van der Waals surface area contributed by atoms with Crippen LogP contribution in [0.25, 0.3) is 77.9 Å². The molecule has 0 unspecified atom stereocenters. The monoisotopic (exact) mass is 910 g/mol. The van der Waals surface area contributed by atoms with Gasteiger partial charge in [0, 0.05) is 35.5 Å². The van der Waals surface area contributed by atoms with E-state index in [4.69, 9.17) is 0 Å². The van der Waals surface area contributed by atoms with Crippen molar-refractivity contribution in [1.29, 1.82) is 0 Å². The van der Waals surface area contributed by atoms with Crippen molar-refractivity contribution in [1.82, 2.24) is 0 Å². The third kappa shape index (κ3) is 9.57. The molecule has 0 radical (unpaired) electrons. The first-order valence-electron chi connectivity index (χ1n) is 24.5. The third-order valence-electron chi connectivity index (χ3n) is 13.9. The zero-order valence-corrected chi connectivity index (χ0v) is 40.4. The lowest BCUT2D eigenvalue weighted by molar-refractivity contribution is 1.21. The van der Waals surface area contributed by atoms with Crippen LogP contribution in [0.4, 0.5) is 28.4 Å². The molecule has 0 fully saturated rings. The molecule has 0 spiro atoms. The van der Waals surface area contributed by atoms with E-state index in [1.54, 1.807) is 0 Å². The molecule has 2 heteroatoms. The van der Waals surface area contributed by atoms with Crippen LogP contribution in [0.2, 0.25) is 0 Å². The van der Waals surface area contributed by atoms with Gasteiger partial charge in [-0.2, -0.15) is 0 Å². The molecule has 340 valence electrons. The Balaban J connectivity index is 0.708. The molecule has 71 heavy (non-hydrogen) atoms. The first-order chi connectivity index (χ1) is 34.9. The van der Waals surface area contributed by atoms with Gasteiger partial charge >= 0.3 is 0 Å². The standard InChI is InChI=1S/C69H54N2/c1-49-12-10-11-17-68(49)69-48-62(19-18-50(69)2)61-34-32-54(33-35-61)53-22-28-56(29-23-53)59-38-44-64(45-39-59)70(3)63-42-36-58(37-43-63)55-26-20-51(21-27-55)52-24-30-57(31-25-52)60-40-46-67(47-41-60)71(65-13-6-4-7-14-65)66-15-8-5-9-16-66/h4-48H,1-3H3. The number of para-hydroxylation sites is 2. The molecule has 0 aliphatic rings. The van der Waals surface area contributed by atoms with Crippen LogP contribution in [0.5, 0.6) is 0 Å². The number of aryl methyl sites for hydroxylation is 2. The van der Waals surface area contributed by atoms with Gasteiger partial charge in [0.2, 0.25) is 0 Å². The number of benzene rings is 11. The normalized spacial score (nSPS) is 11.0. The predicted octanol–water partition coefficient (Wildman–Crippen LogP) is 19.2. The maximum Gasteiger partial charge on any atom is 0.0462 e. The summed E-state index contributed by atoms with van der Waals surface area (Å²) in [5, 5.41) is 0. The van der Waals surface area contributed by atoms with Crippen LogP contribution in [0.1, 0.15) is 11.1 Å². The molecule has 0 aromatic heterocycles. The van der Waals surface area contributed by atoms with E-state index in [9.17, 15) is 0 Å². The van der Waals surface area contributed by atoms with E-state index in [1.165, 1.54) is 89.0 Å². The molecule has 0 N–H and O–H groups in total. The average molecular weight is 911 g/mol. The fourth-order valence-corrected chi connectivity index (χ4v) is 9.70. The Morgan fingerprint density at radius 2 is 0.465 bits per heavy atom. The topological polar surface area (TPSA) is 6.48 Å². The highest BCUT2D eigenvalue weighted by atomic mass is 15.1. The van der Waals surface area contributed by atoms with Gasteiger partial charge < -0.3 is 9.80 Å².